The minimum Gasteiger partial charge on any atom is -0.244 e. The second kappa shape index (κ2) is 6.09. The van der Waals surface area contributed by atoms with E-state index in [9.17, 15) is 0 Å². The van der Waals surface area contributed by atoms with Crippen LogP contribution in [0.25, 0.3) is 27.9 Å². The fraction of sp³-hybridized carbons (Fsp3) is 0.100. The highest BCUT2D eigenvalue weighted by Crippen LogP contribution is 2.32. The van der Waals surface area contributed by atoms with E-state index in [1.54, 1.807) is 0 Å². The quantitative estimate of drug-likeness (QED) is 0.576. The van der Waals surface area contributed by atoms with Crippen LogP contribution in [0.1, 0.15) is 18.5 Å². The number of hydrogen-bond donors (Lipinski definition) is 0. The van der Waals surface area contributed by atoms with E-state index in [4.69, 9.17) is 9.97 Å². The van der Waals surface area contributed by atoms with E-state index >= 15 is 0 Å². The maximum atomic E-state index is 4.94. The topological polar surface area (TPSA) is 25.8 Å². The van der Waals surface area contributed by atoms with Crippen molar-refractivity contribution in [2.75, 3.05) is 0 Å². The number of rotatable bonds is 2. The number of aromatic nitrogens is 2. The van der Waals surface area contributed by atoms with Gasteiger partial charge >= 0.3 is 0 Å². The van der Waals surface area contributed by atoms with Crippen LogP contribution in [0.4, 0.5) is 0 Å². The lowest BCUT2D eigenvalue weighted by Crippen LogP contribution is -1.99. The molecule has 0 radical (unpaired) electrons. The molecule has 0 saturated carbocycles. The molecule has 1 aliphatic carbocycles. The molecule has 0 spiro atoms. The standard InChI is InChI=1S/C20H15BrN2/c21-16-12-7-13-17-20(16)23-19(15-10-5-2-6-11-15)18(22-17)14-8-3-1-4-9-14/h2-3,5-13H,1,4H2. The van der Waals surface area contributed by atoms with Gasteiger partial charge in [-0.2, -0.15) is 0 Å². The van der Waals surface area contributed by atoms with Gasteiger partial charge < -0.3 is 0 Å². The Kier molecular flexibility index (Phi) is 3.80. The van der Waals surface area contributed by atoms with Crippen molar-refractivity contribution >= 4 is 32.5 Å². The Balaban J connectivity index is 2.02. The Labute approximate surface area is 143 Å². The summed E-state index contributed by atoms with van der Waals surface area (Å²) in [6.45, 7) is 0. The van der Waals surface area contributed by atoms with Gasteiger partial charge in [0.2, 0.25) is 0 Å². The Morgan fingerprint density at radius 1 is 0.826 bits per heavy atom. The molecule has 0 atom stereocenters. The summed E-state index contributed by atoms with van der Waals surface area (Å²) in [6, 6.07) is 16.3. The van der Waals surface area contributed by atoms with E-state index in [-0.39, 0.29) is 0 Å². The fourth-order valence-electron chi connectivity index (χ4n) is 2.83. The van der Waals surface area contributed by atoms with E-state index in [1.165, 1.54) is 0 Å². The third kappa shape index (κ3) is 2.73. The minimum atomic E-state index is 0.899. The Hall–Kier alpha value is -2.26. The van der Waals surface area contributed by atoms with E-state index in [1.807, 2.05) is 36.4 Å². The molecule has 1 aliphatic rings. The molecule has 0 N–H and O–H groups in total. The Bertz CT molecular complexity index is 927. The van der Waals surface area contributed by atoms with Crippen molar-refractivity contribution in [3.8, 4) is 11.3 Å². The predicted octanol–water partition coefficient (Wildman–Crippen LogP) is 5.79. The number of hydrogen-bond acceptors (Lipinski definition) is 2. The van der Waals surface area contributed by atoms with Crippen LogP contribution >= 0.6 is 15.9 Å². The van der Waals surface area contributed by atoms with Gasteiger partial charge in [-0.3, -0.25) is 0 Å². The van der Waals surface area contributed by atoms with Crippen LogP contribution in [0.15, 0.2) is 71.2 Å². The van der Waals surface area contributed by atoms with Crippen LogP contribution in [0.5, 0.6) is 0 Å². The number of halogens is 1. The molecular weight excluding hydrogens is 348 g/mol. The summed E-state index contributed by atoms with van der Waals surface area (Å²) in [5, 5.41) is 0. The molecule has 0 fully saturated rings. The summed E-state index contributed by atoms with van der Waals surface area (Å²) in [6.07, 6.45) is 8.76. The molecule has 3 heteroatoms. The summed E-state index contributed by atoms with van der Waals surface area (Å²) in [7, 11) is 0. The van der Waals surface area contributed by atoms with Gasteiger partial charge in [0.1, 0.15) is 5.52 Å². The summed E-state index contributed by atoms with van der Waals surface area (Å²) < 4.78 is 0.972. The molecule has 112 valence electrons. The smallest absolute Gasteiger partial charge is 0.104 e. The molecule has 4 rings (SSSR count). The fourth-order valence-corrected chi connectivity index (χ4v) is 3.27. The highest BCUT2D eigenvalue weighted by Gasteiger charge is 2.15. The number of fused-ring (bicyclic) bond motifs is 1. The first-order chi connectivity index (χ1) is 11.3. The highest BCUT2D eigenvalue weighted by molar-refractivity contribution is 9.10. The molecule has 0 saturated heterocycles. The van der Waals surface area contributed by atoms with E-state index < -0.39 is 0 Å². The van der Waals surface area contributed by atoms with Gasteiger partial charge in [0.25, 0.3) is 0 Å². The van der Waals surface area contributed by atoms with Crippen molar-refractivity contribution < 1.29 is 0 Å². The molecule has 0 unspecified atom stereocenters. The molecule has 2 nitrogen and oxygen atoms in total. The summed E-state index contributed by atoms with van der Waals surface area (Å²) in [4.78, 5) is 9.86. The third-order valence-corrected chi connectivity index (χ3v) is 4.60. The van der Waals surface area contributed by atoms with Gasteiger partial charge in [0.15, 0.2) is 0 Å². The van der Waals surface area contributed by atoms with Crippen LogP contribution in [0.2, 0.25) is 0 Å². The van der Waals surface area contributed by atoms with Gasteiger partial charge in [0, 0.05) is 10.0 Å². The van der Waals surface area contributed by atoms with Crippen molar-refractivity contribution in [2.24, 2.45) is 0 Å². The molecule has 23 heavy (non-hydrogen) atoms. The van der Waals surface area contributed by atoms with Crippen molar-refractivity contribution in [1.29, 1.82) is 0 Å². The zero-order valence-electron chi connectivity index (χ0n) is 12.5. The second-order valence-electron chi connectivity index (χ2n) is 5.53. The van der Waals surface area contributed by atoms with Crippen molar-refractivity contribution in [3.05, 3.63) is 76.9 Å². The molecular formula is C20H15BrN2. The van der Waals surface area contributed by atoms with Gasteiger partial charge in [0.05, 0.1) is 16.9 Å². The lowest BCUT2D eigenvalue weighted by atomic mass is 9.99. The molecule has 1 heterocycles. The van der Waals surface area contributed by atoms with Crippen molar-refractivity contribution in [3.63, 3.8) is 0 Å². The lowest BCUT2D eigenvalue weighted by Gasteiger charge is -2.13. The van der Waals surface area contributed by atoms with Crippen LogP contribution in [-0.4, -0.2) is 9.97 Å². The van der Waals surface area contributed by atoms with Gasteiger partial charge in [-0.15, -0.1) is 0 Å². The maximum Gasteiger partial charge on any atom is 0.104 e. The lowest BCUT2D eigenvalue weighted by molar-refractivity contribution is 1.04. The second-order valence-corrected chi connectivity index (χ2v) is 6.39. The average Bonchev–Trinajstić information content (AvgIpc) is 2.63. The first-order valence-corrected chi connectivity index (χ1v) is 8.51. The maximum absolute atomic E-state index is 4.94. The zero-order valence-corrected chi connectivity index (χ0v) is 14.1. The van der Waals surface area contributed by atoms with E-state index in [0.29, 0.717) is 0 Å². The Morgan fingerprint density at radius 3 is 2.48 bits per heavy atom. The predicted molar refractivity (Wildman–Crippen MR) is 99.0 cm³/mol. The highest BCUT2D eigenvalue weighted by atomic mass is 79.9. The number of benzene rings is 2. The summed E-state index contributed by atoms with van der Waals surface area (Å²) in [5.74, 6) is 0. The van der Waals surface area contributed by atoms with Crippen molar-refractivity contribution in [2.45, 2.75) is 12.8 Å². The number of nitrogens with zero attached hydrogens (tertiary/aromatic N) is 2. The normalized spacial score (nSPS) is 14.0. The van der Waals surface area contributed by atoms with Gasteiger partial charge in [-0.05, 0) is 46.5 Å². The first kappa shape index (κ1) is 14.3. The molecule has 2 aromatic carbocycles. The van der Waals surface area contributed by atoms with Crippen LogP contribution in [0.3, 0.4) is 0 Å². The van der Waals surface area contributed by atoms with Gasteiger partial charge in [-0.1, -0.05) is 54.6 Å². The van der Waals surface area contributed by atoms with Gasteiger partial charge in [-0.25, -0.2) is 9.97 Å². The zero-order chi connectivity index (χ0) is 15.6. The molecule has 1 aromatic heterocycles. The molecule has 0 bridgehead atoms. The first-order valence-electron chi connectivity index (χ1n) is 7.72. The van der Waals surface area contributed by atoms with Crippen LogP contribution in [0, 0.1) is 0 Å². The number of para-hydroxylation sites is 1. The summed E-state index contributed by atoms with van der Waals surface area (Å²) >= 11 is 3.59. The Morgan fingerprint density at radius 2 is 1.70 bits per heavy atom. The summed E-state index contributed by atoms with van der Waals surface area (Å²) in [5.41, 5.74) is 5.95. The minimum absolute atomic E-state index is 0.899. The molecule has 3 aromatic rings. The molecule has 0 amide bonds. The van der Waals surface area contributed by atoms with Crippen LogP contribution < -0.4 is 0 Å². The van der Waals surface area contributed by atoms with Crippen LogP contribution in [-0.2, 0) is 0 Å². The average molecular weight is 363 g/mol. The third-order valence-electron chi connectivity index (χ3n) is 3.96. The molecule has 0 aliphatic heterocycles. The van der Waals surface area contributed by atoms with Crippen molar-refractivity contribution in [1.82, 2.24) is 9.97 Å². The van der Waals surface area contributed by atoms with E-state index in [2.05, 4.69) is 46.3 Å². The van der Waals surface area contributed by atoms with E-state index in [0.717, 1.165) is 50.9 Å². The largest absolute Gasteiger partial charge is 0.244 e. The SMILES string of the molecule is Brc1cccc2nc(C3=CCCC=C3)c(-c3ccccc3)nc12. The monoisotopic (exact) mass is 362 g/mol. The number of allylic oxidation sites excluding steroid dienone is 4.